The Balaban J connectivity index is 1.22. The highest BCUT2D eigenvalue weighted by Crippen LogP contribution is 2.51. The molecule has 0 N–H and O–H groups in total. The van der Waals surface area contributed by atoms with Gasteiger partial charge in [-0.1, -0.05) is 49.6 Å². The molecule has 1 aliphatic heterocycles. The zero-order valence-corrected chi connectivity index (χ0v) is 14.8. The molecule has 2 atom stereocenters. The van der Waals surface area contributed by atoms with Crippen molar-refractivity contribution in [3.8, 4) is 6.07 Å². The summed E-state index contributed by atoms with van der Waals surface area (Å²) >= 11 is 0. The van der Waals surface area contributed by atoms with Gasteiger partial charge in [0.2, 0.25) is 0 Å². The van der Waals surface area contributed by atoms with Crippen molar-refractivity contribution in [2.45, 2.75) is 69.2 Å². The van der Waals surface area contributed by atoms with E-state index in [-0.39, 0.29) is 5.54 Å². The van der Waals surface area contributed by atoms with Gasteiger partial charge in [0.25, 0.3) is 0 Å². The second kappa shape index (κ2) is 6.89. The minimum atomic E-state index is 0.246. The first-order valence-corrected chi connectivity index (χ1v) is 9.98. The number of hydrogen-bond donors (Lipinski definition) is 0. The Bertz CT molecular complexity index is 576. The molecule has 0 radical (unpaired) electrons. The minimum Gasteiger partial charge on any atom is -0.296 e. The van der Waals surface area contributed by atoms with E-state index < -0.39 is 0 Å². The molecule has 0 spiro atoms. The third kappa shape index (κ3) is 3.24. The van der Waals surface area contributed by atoms with E-state index in [9.17, 15) is 5.26 Å². The van der Waals surface area contributed by atoms with Crippen molar-refractivity contribution in [3.05, 3.63) is 35.9 Å². The van der Waals surface area contributed by atoms with Gasteiger partial charge in [-0.3, -0.25) is 4.90 Å². The Morgan fingerprint density at radius 3 is 2.50 bits per heavy atom. The number of rotatable bonds is 6. The van der Waals surface area contributed by atoms with E-state index in [2.05, 4.69) is 41.3 Å². The molecule has 128 valence electrons. The van der Waals surface area contributed by atoms with Crippen LogP contribution >= 0.6 is 0 Å². The zero-order valence-electron chi connectivity index (χ0n) is 14.8. The highest BCUT2D eigenvalue weighted by Gasteiger charge is 2.45. The quantitative estimate of drug-likeness (QED) is 0.727. The molecule has 3 aliphatic rings. The summed E-state index contributed by atoms with van der Waals surface area (Å²) in [4.78, 5) is 2.67. The van der Waals surface area contributed by atoms with Crippen molar-refractivity contribution in [2.24, 2.45) is 11.8 Å². The summed E-state index contributed by atoms with van der Waals surface area (Å²) in [5.41, 5.74) is 1.79. The van der Waals surface area contributed by atoms with Crippen molar-refractivity contribution in [1.29, 1.82) is 5.26 Å². The van der Waals surface area contributed by atoms with E-state index in [1.165, 1.54) is 64.5 Å². The maximum absolute atomic E-state index is 9.26. The molecule has 1 aromatic carbocycles. The van der Waals surface area contributed by atoms with Crippen LogP contribution in [0.2, 0.25) is 0 Å². The number of likely N-dealkylation sites (tertiary alicyclic amines) is 1. The van der Waals surface area contributed by atoms with Crippen LogP contribution in [0, 0.1) is 23.2 Å². The van der Waals surface area contributed by atoms with E-state index in [0.29, 0.717) is 0 Å². The lowest BCUT2D eigenvalue weighted by Gasteiger charge is -2.53. The first-order valence-electron chi connectivity index (χ1n) is 9.98. The van der Waals surface area contributed by atoms with Crippen LogP contribution in [0.5, 0.6) is 0 Å². The van der Waals surface area contributed by atoms with E-state index in [1.807, 2.05) is 0 Å². The molecule has 4 rings (SSSR count). The van der Waals surface area contributed by atoms with Gasteiger partial charge >= 0.3 is 0 Å². The first kappa shape index (κ1) is 16.2. The van der Waals surface area contributed by atoms with Crippen LogP contribution in [0.3, 0.4) is 0 Å². The SMILES string of the molecule is N#CCC1(N2CC(CCC3CC3c3ccccc3)C2)CCCCC1. The van der Waals surface area contributed by atoms with Gasteiger partial charge in [-0.15, -0.1) is 0 Å². The van der Waals surface area contributed by atoms with Gasteiger partial charge in [-0.25, -0.2) is 0 Å². The van der Waals surface area contributed by atoms with Gasteiger partial charge in [0.15, 0.2) is 0 Å². The van der Waals surface area contributed by atoms with Crippen molar-refractivity contribution in [3.63, 3.8) is 0 Å². The van der Waals surface area contributed by atoms with Crippen LogP contribution in [-0.4, -0.2) is 23.5 Å². The second-order valence-corrected chi connectivity index (χ2v) is 8.48. The molecule has 0 amide bonds. The van der Waals surface area contributed by atoms with E-state index in [1.54, 1.807) is 5.56 Å². The van der Waals surface area contributed by atoms with Gasteiger partial charge in [-0.05, 0) is 55.4 Å². The van der Waals surface area contributed by atoms with Gasteiger partial charge in [0.1, 0.15) is 0 Å². The summed E-state index contributed by atoms with van der Waals surface area (Å²) in [6.07, 6.45) is 11.5. The van der Waals surface area contributed by atoms with E-state index in [0.717, 1.165) is 24.2 Å². The number of hydrogen-bond acceptors (Lipinski definition) is 2. The van der Waals surface area contributed by atoms with Crippen LogP contribution in [0.15, 0.2) is 30.3 Å². The van der Waals surface area contributed by atoms with Crippen molar-refractivity contribution in [1.82, 2.24) is 4.90 Å². The normalized spacial score (nSPS) is 29.6. The van der Waals surface area contributed by atoms with Gasteiger partial charge in [0.05, 0.1) is 12.5 Å². The Hall–Kier alpha value is -1.33. The predicted molar refractivity (Wildman–Crippen MR) is 97.6 cm³/mol. The summed E-state index contributed by atoms with van der Waals surface area (Å²) < 4.78 is 0. The maximum Gasteiger partial charge on any atom is 0.0641 e. The Morgan fingerprint density at radius 2 is 1.79 bits per heavy atom. The second-order valence-electron chi connectivity index (χ2n) is 8.48. The molecule has 24 heavy (non-hydrogen) atoms. The Kier molecular flexibility index (Phi) is 4.63. The Morgan fingerprint density at radius 1 is 1.04 bits per heavy atom. The molecule has 2 saturated carbocycles. The summed E-state index contributed by atoms with van der Waals surface area (Å²) in [5.74, 6) is 2.66. The van der Waals surface area contributed by atoms with Crippen LogP contribution < -0.4 is 0 Å². The monoisotopic (exact) mass is 322 g/mol. The lowest BCUT2D eigenvalue weighted by atomic mass is 9.75. The molecular formula is C22H30N2. The van der Waals surface area contributed by atoms with Crippen molar-refractivity contribution in [2.75, 3.05) is 13.1 Å². The topological polar surface area (TPSA) is 27.0 Å². The molecule has 1 aromatic rings. The highest BCUT2D eigenvalue weighted by atomic mass is 15.3. The summed E-state index contributed by atoms with van der Waals surface area (Å²) in [6.45, 7) is 2.51. The third-order valence-corrected chi connectivity index (χ3v) is 6.92. The fourth-order valence-corrected chi connectivity index (χ4v) is 5.23. The van der Waals surface area contributed by atoms with E-state index >= 15 is 0 Å². The van der Waals surface area contributed by atoms with E-state index in [4.69, 9.17) is 0 Å². The van der Waals surface area contributed by atoms with Gasteiger partial charge in [-0.2, -0.15) is 5.26 Å². The smallest absolute Gasteiger partial charge is 0.0641 e. The lowest BCUT2D eigenvalue weighted by molar-refractivity contribution is -0.0386. The molecule has 2 aliphatic carbocycles. The summed E-state index contributed by atoms with van der Waals surface area (Å²) in [5, 5.41) is 9.26. The standard InChI is InChI=1S/C22H30N2/c23-14-13-22(11-5-2-6-12-22)24-16-18(17-24)9-10-20-15-21(20)19-7-3-1-4-8-19/h1,3-4,7-8,18,20-21H,2,5-6,9-13,15-17H2. The van der Waals surface area contributed by atoms with Crippen LogP contribution in [0.4, 0.5) is 0 Å². The minimum absolute atomic E-state index is 0.246. The lowest BCUT2D eigenvalue weighted by Crippen LogP contribution is -2.60. The summed E-state index contributed by atoms with van der Waals surface area (Å²) in [6, 6.07) is 13.5. The van der Waals surface area contributed by atoms with Crippen molar-refractivity contribution < 1.29 is 0 Å². The molecule has 0 aromatic heterocycles. The highest BCUT2D eigenvalue weighted by molar-refractivity contribution is 5.25. The molecule has 3 fully saturated rings. The molecule has 2 heteroatoms. The summed E-state index contributed by atoms with van der Waals surface area (Å²) in [7, 11) is 0. The molecule has 0 bridgehead atoms. The Labute approximate surface area is 146 Å². The first-order chi connectivity index (χ1) is 11.8. The zero-order chi connectivity index (χ0) is 16.4. The molecule has 2 unspecified atom stereocenters. The number of nitriles is 1. The van der Waals surface area contributed by atoms with Gasteiger partial charge < -0.3 is 0 Å². The third-order valence-electron chi connectivity index (χ3n) is 6.92. The number of nitrogens with zero attached hydrogens (tertiary/aromatic N) is 2. The average molecular weight is 322 g/mol. The molecular weight excluding hydrogens is 292 g/mol. The molecule has 1 saturated heterocycles. The fourth-order valence-electron chi connectivity index (χ4n) is 5.23. The predicted octanol–water partition coefficient (Wildman–Crippen LogP) is 5.12. The van der Waals surface area contributed by atoms with Crippen LogP contribution in [-0.2, 0) is 0 Å². The van der Waals surface area contributed by atoms with Crippen molar-refractivity contribution >= 4 is 0 Å². The van der Waals surface area contributed by atoms with Crippen LogP contribution in [0.25, 0.3) is 0 Å². The molecule has 2 nitrogen and oxygen atoms in total. The maximum atomic E-state index is 9.26. The molecule has 1 heterocycles. The largest absolute Gasteiger partial charge is 0.296 e. The fraction of sp³-hybridized carbons (Fsp3) is 0.682. The average Bonchev–Trinajstić information content (AvgIpc) is 3.35. The van der Waals surface area contributed by atoms with Crippen LogP contribution in [0.1, 0.15) is 69.3 Å². The number of benzene rings is 1. The van der Waals surface area contributed by atoms with Gasteiger partial charge in [0, 0.05) is 18.6 Å².